The SMILES string of the molecule is CC1(C)CC(NC(=O)c2cccc(N)c2[N+](=O)[O-])CCO1. The minimum atomic E-state index is -0.627. The predicted octanol–water partition coefficient (Wildman–Crippen LogP) is 1.86. The number of nitrogens with zero attached hydrogens (tertiary/aromatic N) is 1. The Morgan fingerprint density at radius 3 is 2.86 bits per heavy atom. The molecule has 1 fully saturated rings. The third-order valence-electron chi connectivity index (χ3n) is 3.53. The predicted molar refractivity (Wildman–Crippen MR) is 78.0 cm³/mol. The molecule has 1 aromatic rings. The molecule has 0 saturated carbocycles. The van der Waals surface area contributed by atoms with E-state index in [9.17, 15) is 14.9 Å². The first kappa shape index (κ1) is 15.2. The molecule has 3 N–H and O–H groups in total. The van der Waals surface area contributed by atoms with Gasteiger partial charge in [-0.25, -0.2) is 0 Å². The van der Waals surface area contributed by atoms with E-state index in [2.05, 4.69) is 5.32 Å². The Balaban J connectivity index is 2.18. The molecule has 2 rings (SSSR count). The van der Waals surface area contributed by atoms with E-state index in [1.807, 2.05) is 13.8 Å². The largest absolute Gasteiger partial charge is 0.393 e. The van der Waals surface area contributed by atoms with E-state index < -0.39 is 10.8 Å². The summed E-state index contributed by atoms with van der Waals surface area (Å²) in [4.78, 5) is 22.7. The molecule has 7 heteroatoms. The molecule has 7 nitrogen and oxygen atoms in total. The molecule has 114 valence electrons. The molecule has 0 aromatic heterocycles. The number of carbonyl (C=O) groups is 1. The van der Waals surface area contributed by atoms with Crippen molar-refractivity contribution in [3.63, 3.8) is 0 Å². The van der Waals surface area contributed by atoms with Crippen molar-refractivity contribution in [1.29, 1.82) is 0 Å². The summed E-state index contributed by atoms with van der Waals surface area (Å²) < 4.78 is 5.58. The second-order valence-corrected chi connectivity index (χ2v) is 5.77. The van der Waals surface area contributed by atoms with Gasteiger partial charge >= 0.3 is 5.69 Å². The first-order valence-corrected chi connectivity index (χ1v) is 6.78. The first-order valence-electron chi connectivity index (χ1n) is 6.78. The van der Waals surface area contributed by atoms with Crippen molar-refractivity contribution in [3.8, 4) is 0 Å². The molecule has 1 amide bonds. The van der Waals surface area contributed by atoms with Crippen LogP contribution in [-0.2, 0) is 4.74 Å². The van der Waals surface area contributed by atoms with Crippen LogP contribution in [0.1, 0.15) is 37.0 Å². The Morgan fingerprint density at radius 1 is 1.52 bits per heavy atom. The number of anilines is 1. The summed E-state index contributed by atoms with van der Waals surface area (Å²) in [5.41, 5.74) is 4.92. The maximum atomic E-state index is 12.3. The lowest BCUT2D eigenvalue weighted by Gasteiger charge is -2.35. The van der Waals surface area contributed by atoms with Crippen molar-refractivity contribution in [2.24, 2.45) is 0 Å². The van der Waals surface area contributed by atoms with Crippen LogP contribution in [0.4, 0.5) is 11.4 Å². The van der Waals surface area contributed by atoms with Crippen LogP contribution in [0.2, 0.25) is 0 Å². The number of nitrogens with two attached hydrogens (primary N) is 1. The third-order valence-corrected chi connectivity index (χ3v) is 3.53. The summed E-state index contributed by atoms with van der Waals surface area (Å²) in [6.45, 7) is 4.46. The third kappa shape index (κ3) is 3.49. The number of nitro benzene ring substituents is 1. The molecule has 1 heterocycles. The van der Waals surface area contributed by atoms with E-state index in [1.165, 1.54) is 18.2 Å². The van der Waals surface area contributed by atoms with Gasteiger partial charge in [-0.3, -0.25) is 14.9 Å². The number of carbonyl (C=O) groups excluding carboxylic acids is 1. The highest BCUT2D eigenvalue weighted by atomic mass is 16.6. The monoisotopic (exact) mass is 293 g/mol. The average Bonchev–Trinajstić information content (AvgIpc) is 2.36. The number of nitrogens with one attached hydrogen (secondary N) is 1. The highest BCUT2D eigenvalue weighted by molar-refractivity contribution is 6.00. The van der Waals surface area contributed by atoms with Crippen LogP contribution in [0.15, 0.2) is 18.2 Å². The van der Waals surface area contributed by atoms with Crippen molar-refractivity contribution in [3.05, 3.63) is 33.9 Å². The van der Waals surface area contributed by atoms with E-state index >= 15 is 0 Å². The minimum absolute atomic E-state index is 0.00991. The van der Waals surface area contributed by atoms with Gasteiger partial charge in [0.05, 0.1) is 10.5 Å². The quantitative estimate of drug-likeness (QED) is 0.502. The summed E-state index contributed by atoms with van der Waals surface area (Å²) in [6, 6.07) is 4.29. The topological polar surface area (TPSA) is 107 Å². The number of hydrogen-bond donors (Lipinski definition) is 2. The Morgan fingerprint density at radius 2 is 2.24 bits per heavy atom. The van der Waals surface area contributed by atoms with Crippen LogP contribution >= 0.6 is 0 Å². The number of hydrogen-bond acceptors (Lipinski definition) is 5. The second-order valence-electron chi connectivity index (χ2n) is 5.77. The normalized spacial score (nSPS) is 20.8. The average molecular weight is 293 g/mol. The van der Waals surface area contributed by atoms with Crippen LogP contribution in [0.5, 0.6) is 0 Å². The molecule has 0 bridgehead atoms. The lowest BCUT2D eigenvalue weighted by molar-refractivity contribution is -0.384. The zero-order valence-electron chi connectivity index (χ0n) is 12.1. The van der Waals surface area contributed by atoms with Gasteiger partial charge in [-0.2, -0.15) is 0 Å². The zero-order valence-corrected chi connectivity index (χ0v) is 12.1. The zero-order chi connectivity index (χ0) is 15.6. The Labute approximate surface area is 122 Å². The van der Waals surface area contributed by atoms with Crippen LogP contribution in [0.3, 0.4) is 0 Å². The van der Waals surface area contributed by atoms with E-state index in [1.54, 1.807) is 0 Å². The second kappa shape index (κ2) is 5.69. The molecule has 1 saturated heterocycles. The maximum Gasteiger partial charge on any atom is 0.304 e. The number of rotatable bonds is 3. The van der Waals surface area contributed by atoms with Crippen molar-refractivity contribution in [1.82, 2.24) is 5.32 Å². The molecule has 21 heavy (non-hydrogen) atoms. The number of ether oxygens (including phenoxy) is 1. The Bertz CT molecular complexity index is 571. The smallest absolute Gasteiger partial charge is 0.304 e. The van der Waals surface area contributed by atoms with Gasteiger partial charge in [0, 0.05) is 12.6 Å². The van der Waals surface area contributed by atoms with Crippen molar-refractivity contribution >= 4 is 17.3 Å². The summed E-state index contributed by atoms with van der Waals surface area (Å²) in [5, 5.41) is 13.9. The van der Waals surface area contributed by atoms with Crippen LogP contribution in [0, 0.1) is 10.1 Å². The van der Waals surface area contributed by atoms with Crippen molar-refractivity contribution in [2.75, 3.05) is 12.3 Å². The fourth-order valence-corrected chi connectivity index (χ4v) is 2.57. The first-order chi connectivity index (χ1) is 9.80. The minimum Gasteiger partial charge on any atom is -0.393 e. The molecule has 0 radical (unpaired) electrons. The maximum absolute atomic E-state index is 12.3. The van der Waals surface area contributed by atoms with Gasteiger partial charge in [0.2, 0.25) is 0 Å². The molecule has 1 aliphatic heterocycles. The fraction of sp³-hybridized carbons (Fsp3) is 0.500. The molecular formula is C14H19N3O4. The van der Waals surface area contributed by atoms with Crippen LogP contribution < -0.4 is 11.1 Å². The summed E-state index contributed by atoms with van der Waals surface area (Å²) in [6.07, 6.45) is 1.35. The van der Waals surface area contributed by atoms with Gasteiger partial charge < -0.3 is 15.8 Å². The fourth-order valence-electron chi connectivity index (χ4n) is 2.57. The van der Waals surface area contributed by atoms with Gasteiger partial charge in [0.1, 0.15) is 11.3 Å². The Kier molecular flexibility index (Phi) is 4.13. The van der Waals surface area contributed by atoms with Gasteiger partial charge in [-0.05, 0) is 38.8 Å². The molecule has 0 spiro atoms. The molecule has 1 aromatic carbocycles. The lowest BCUT2D eigenvalue weighted by atomic mass is 9.93. The van der Waals surface area contributed by atoms with Gasteiger partial charge in [0.25, 0.3) is 5.91 Å². The molecular weight excluding hydrogens is 274 g/mol. The van der Waals surface area contributed by atoms with Crippen molar-refractivity contribution in [2.45, 2.75) is 38.3 Å². The van der Waals surface area contributed by atoms with Gasteiger partial charge in [0.15, 0.2) is 0 Å². The summed E-state index contributed by atoms with van der Waals surface area (Å²) in [5.74, 6) is -0.475. The Hall–Kier alpha value is -2.15. The number of benzene rings is 1. The van der Waals surface area contributed by atoms with E-state index in [4.69, 9.17) is 10.5 Å². The lowest BCUT2D eigenvalue weighted by Crippen LogP contribution is -2.45. The van der Waals surface area contributed by atoms with E-state index in [0.29, 0.717) is 19.4 Å². The number of amides is 1. The summed E-state index contributed by atoms with van der Waals surface area (Å²) in [7, 11) is 0. The standard InChI is InChI=1S/C14H19N3O4/c1-14(2)8-9(6-7-21-14)16-13(18)10-4-3-5-11(15)12(10)17(19)20/h3-5,9H,6-8,15H2,1-2H3,(H,16,18). The van der Waals surface area contributed by atoms with E-state index in [0.717, 1.165) is 0 Å². The van der Waals surface area contributed by atoms with E-state index in [-0.39, 0.29) is 28.6 Å². The molecule has 1 aliphatic rings. The number of para-hydroxylation sites is 1. The molecule has 0 aliphatic carbocycles. The molecule has 1 unspecified atom stereocenters. The van der Waals surface area contributed by atoms with Gasteiger partial charge in [-0.15, -0.1) is 0 Å². The highest BCUT2D eigenvalue weighted by Gasteiger charge is 2.31. The van der Waals surface area contributed by atoms with Crippen molar-refractivity contribution < 1.29 is 14.5 Å². The highest BCUT2D eigenvalue weighted by Crippen LogP contribution is 2.27. The van der Waals surface area contributed by atoms with Crippen LogP contribution in [0.25, 0.3) is 0 Å². The summed E-state index contributed by atoms with van der Waals surface area (Å²) >= 11 is 0. The number of nitro groups is 1. The number of nitrogen functional groups attached to an aromatic ring is 1. The van der Waals surface area contributed by atoms with Crippen LogP contribution in [-0.4, -0.2) is 29.1 Å². The molecule has 1 atom stereocenters. The van der Waals surface area contributed by atoms with Gasteiger partial charge in [-0.1, -0.05) is 6.07 Å².